The number of nitrogens with one attached hydrogen (secondary N) is 1. The Balaban J connectivity index is 2.15. The van der Waals surface area contributed by atoms with E-state index < -0.39 is 6.04 Å². The molecule has 2 aromatic carbocycles. The number of nitrogens with zero attached hydrogens (tertiary/aromatic N) is 1. The molecule has 7 heteroatoms. The summed E-state index contributed by atoms with van der Waals surface area (Å²) in [5.74, 6) is -0.835. The summed E-state index contributed by atoms with van der Waals surface area (Å²) in [6.45, 7) is 2.61. The first-order valence-electron chi connectivity index (χ1n) is 8.95. The van der Waals surface area contributed by atoms with E-state index in [4.69, 9.17) is 16.3 Å². The molecule has 2 rings (SSSR count). The topological polar surface area (TPSA) is 58.6 Å². The van der Waals surface area contributed by atoms with Crippen molar-refractivity contribution in [2.24, 2.45) is 0 Å². The zero-order valence-corrected chi connectivity index (χ0v) is 16.7. The number of ether oxygens (including phenoxy) is 1. The standard InChI is InChI=1S/C21H24ClFN2O3/c1-15(21(27)24-11-12-28-2)25(14-17-5-9-19(23)10-6-17)20(26)13-16-3-7-18(22)8-4-16/h3-10,15H,11-14H2,1-2H3,(H,24,27)/t15-/m1/s1. The van der Waals surface area contributed by atoms with E-state index in [-0.39, 0.29) is 30.6 Å². The summed E-state index contributed by atoms with van der Waals surface area (Å²) < 4.78 is 18.1. The summed E-state index contributed by atoms with van der Waals surface area (Å²) in [7, 11) is 1.55. The number of amides is 2. The molecular formula is C21H24ClFN2O3. The predicted molar refractivity (Wildman–Crippen MR) is 106 cm³/mol. The van der Waals surface area contributed by atoms with Crippen molar-refractivity contribution in [1.29, 1.82) is 0 Å². The van der Waals surface area contributed by atoms with Crippen molar-refractivity contribution in [2.75, 3.05) is 20.3 Å². The van der Waals surface area contributed by atoms with Gasteiger partial charge < -0.3 is 15.0 Å². The molecule has 0 aliphatic heterocycles. The minimum absolute atomic E-state index is 0.133. The van der Waals surface area contributed by atoms with Gasteiger partial charge >= 0.3 is 0 Å². The average molecular weight is 407 g/mol. The minimum Gasteiger partial charge on any atom is -0.383 e. The molecule has 0 fully saturated rings. The number of hydrogen-bond acceptors (Lipinski definition) is 3. The first-order chi connectivity index (χ1) is 13.4. The molecule has 150 valence electrons. The zero-order chi connectivity index (χ0) is 20.5. The van der Waals surface area contributed by atoms with Gasteiger partial charge in [-0.1, -0.05) is 35.9 Å². The van der Waals surface area contributed by atoms with E-state index in [1.807, 2.05) is 0 Å². The van der Waals surface area contributed by atoms with Crippen LogP contribution < -0.4 is 5.32 Å². The second kappa shape index (κ2) is 10.8. The lowest BCUT2D eigenvalue weighted by molar-refractivity contribution is -0.140. The van der Waals surface area contributed by atoms with E-state index in [0.717, 1.165) is 11.1 Å². The van der Waals surface area contributed by atoms with Gasteiger partial charge in [-0.3, -0.25) is 9.59 Å². The summed E-state index contributed by atoms with van der Waals surface area (Å²) in [4.78, 5) is 26.9. The number of methoxy groups -OCH3 is 1. The Morgan fingerprint density at radius 2 is 1.71 bits per heavy atom. The van der Waals surface area contributed by atoms with Crippen LogP contribution in [0.1, 0.15) is 18.1 Å². The van der Waals surface area contributed by atoms with Crippen LogP contribution in [-0.4, -0.2) is 43.0 Å². The summed E-state index contributed by atoms with van der Waals surface area (Å²) in [5.41, 5.74) is 1.54. The molecule has 0 saturated carbocycles. The smallest absolute Gasteiger partial charge is 0.242 e. The van der Waals surface area contributed by atoms with Crippen molar-refractivity contribution in [2.45, 2.75) is 25.9 Å². The quantitative estimate of drug-likeness (QED) is 0.650. The van der Waals surface area contributed by atoms with Crippen LogP contribution in [0.25, 0.3) is 0 Å². The maximum absolute atomic E-state index is 13.2. The highest BCUT2D eigenvalue weighted by Crippen LogP contribution is 2.15. The SMILES string of the molecule is COCCNC(=O)[C@@H](C)N(Cc1ccc(F)cc1)C(=O)Cc1ccc(Cl)cc1. The molecule has 2 aromatic rings. The van der Waals surface area contributed by atoms with Crippen molar-refractivity contribution in [3.8, 4) is 0 Å². The molecule has 0 aliphatic rings. The molecule has 0 heterocycles. The van der Waals surface area contributed by atoms with Crippen molar-refractivity contribution >= 4 is 23.4 Å². The third-order valence-electron chi connectivity index (χ3n) is 4.31. The Hall–Kier alpha value is -2.44. The zero-order valence-electron chi connectivity index (χ0n) is 16.0. The lowest BCUT2D eigenvalue weighted by Crippen LogP contribution is -2.48. The monoisotopic (exact) mass is 406 g/mol. The number of carbonyl (C=O) groups is 2. The summed E-state index contributed by atoms with van der Waals surface area (Å²) in [5, 5.41) is 3.34. The highest BCUT2D eigenvalue weighted by molar-refractivity contribution is 6.30. The van der Waals surface area contributed by atoms with Crippen molar-refractivity contribution < 1.29 is 18.7 Å². The second-order valence-corrected chi connectivity index (χ2v) is 6.85. The largest absolute Gasteiger partial charge is 0.383 e. The fourth-order valence-electron chi connectivity index (χ4n) is 2.67. The maximum atomic E-state index is 13.2. The lowest BCUT2D eigenvalue weighted by atomic mass is 10.1. The molecule has 0 bridgehead atoms. The third kappa shape index (κ3) is 6.62. The van der Waals surface area contributed by atoms with Gasteiger partial charge in [-0.2, -0.15) is 0 Å². The van der Waals surface area contributed by atoms with E-state index in [1.54, 1.807) is 50.4 Å². The van der Waals surface area contributed by atoms with Gasteiger partial charge in [0.1, 0.15) is 11.9 Å². The van der Waals surface area contributed by atoms with Crippen LogP contribution in [0.4, 0.5) is 4.39 Å². The van der Waals surface area contributed by atoms with Crippen LogP contribution in [0.3, 0.4) is 0 Å². The van der Waals surface area contributed by atoms with Gasteiger partial charge in [0.15, 0.2) is 0 Å². The van der Waals surface area contributed by atoms with Crippen LogP contribution in [0, 0.1) is 5.82 Å². The van der Waals surface area contributed by atoms with Crippen molar-refractivity contribution in [1.82, 2.24) is 10.2 Å². The van der Waals surface area contributed by atoms with E-state index in [2.05, 4.69) is 5.32 Å². The molecule has 0 unspecified atom stereocenters. The third-order valence-corrected chi connectivity index (χ3v) is 4.56. The van der Waals surface area contributed by atoms with Crippen LogP contribution in [0.5, 0.6) is 0 Å². The van der Waals surface area contributed by atoms with Crippen LogP contribution in [-0.2, 0) is 27.3 Å². The van der Waals surface area contributed by atoms with Gasteiger partial charge in [0.2, 0.25) is 11.8 Å². The molecule has 0 radical (unpaired) electrons. The van der Waals surface area contributed by atoms with Crippen LogP contribution in [0.15, 0.2) is 48.5 Å². The molecule has 0 saturated heterocycles. The highest BCUT2D eigenvalue weighted by Gasteiger charge is 2.26. The van der Waals surface area contributed by atoms with Gasteiger partial charge in [0, 0.05) is 25.2 Å². The average Bonchev–Trinajstić information content (AvgIpc) is 2.68. The maximum Gasteiger partial charge on any atom is 0.242 e. The van der Waals surface area contributed by atoms with Crippen LogP contribution >= 0.6 is 11.6 Å². The van der Waals surface area contributed by atoms with Crippen LogP contribution in [0.2, 0.25) is 5.02 Å². The van der Waals surface area contributed by atoms with E-state index in [1.165, 1.54) is 17.0 Å². The van der Waals surface area contributed by atoms with Gasteiger partial charge in [-0.05, 0) is 42.3 Å². The molecule has 5 nitrogen and oxygen atoms in total. The molecule has 0 spiro atoms. The first kappa shape index (κ1) is 21.9. The molecule has 0 aliphatic carbocycles. The Morgan fingerprint density at radius 1 is 1.11 bits per heavy atom. The molecular weight excluding hydrogens is 383 g/mol. The first-order valence-corrected chi connectivity index (χ1v) is 9.33. The number of carbonyl (C=O) groups excluding carboxylic acids is 2. The second-order valence-electron chi connectivity index (χ2n) is 6.41. The number of benzene rings is 2. The van der Waals surface area contributed by atoms with Crippen molar-refractivity contribution in [3.05, 3.63) is 70.5 Å². The van der Waals surface area contributed by atoms with Gasteiger partial charge in [-0.15, -0.1) is 0 Å². The molecule has 1 N–H and O–H groups in total. The van der Waals surface area contributed by atoms with E-state index in [9.17, 15) is 14.0 Å². The fourth-order valence-corrected chi connectivity index (χ4v) is 2.80. The lowest BCUT2D eigenvalue weighted by Gasteiger charge is -2.29. The van der Waals surface area contributed by atoms with Gasteiger partial charge in [0.25, 0.3) is 0 Å². The molecule has 1 atom stereocenters. The normalized spacial score (nSPS) is 11.7. The molecule has 28 heavy (non-hydrogen) atoms. The molecule has 0 aromatic heterocycles. The highest BCUT2D eigenvalue weighted by atomic mass is 35.5. The summed E-state index contributed by atoms with van der Waals surface area (Å²) in [6, 6.07) is 12.2. The number of halogens is 2. The number of rotatable bonds is 9. The Kier molecular flexibility index (Phi) is 8.42. The fraction of sp³-hybridized carbons (Fsp3) is 0.333. The Labute approximate surface area is 169 Å². The van der Waals surface area contributed by atoms with Crippen molar-refractivity contribution in [3.63, 3.8) is 0 Å². The minimum atomic E-state index is -0.693. The van der Waals surface area contributed by atoms with E-state index >= 15 is 0 Å². The van der Waals surface area contributed by atoms with Gasteiger partial charge in [-0.25, -0.2) is 4.39 Å². The molecule has 2 amide bonds. The van der Waals surface area contributed by atoms with Gasteiger partial charge in [0.05, 0.1) is 13.0 Å². The van der Waals surface area contributed by atoms with E-state index in [0.29, 0.717) is 18.2 Å². The predicted octanol–water partition coefficient (Wildman–Crippen LogP) is 3.20. The summed E-state index contributed by atoms with van der Waals surface area (Å²) in [6.07, 6.45) is 0.133. The number of hydrogen-bond donors (Lipinski definition) is 1. The summed E-state index contributed by atoms with van der Waals surface area (Å²) >= 11 is 5.89. The Morgan fingerprint density at radius 3 is 2.32 bits per heavy atom. The Bertz CT molecular complexity index is 781.